The van der Waals surface area contributed by atoms with E-state index in [-0.39, 0.29) is 0 Å². The summed E-state index contributed by atoms with van der Waals surface area (Å²) >= 11 is 5.84. The Morgan fingerprint density at radius 2 is 2.05 bits per heavy atom. The Morgan fingerprint density at radius 3 is 2.63 bits per heavy atom. The minimum Gasteiger partial charge on any atom is -0.496 e. The molecule has 1 aliphatic heterocycles. The van der Waals surface area contributed by atoms with Crippen LogP contribution in [0.25, 0.3) is 0 Å². The van der Waals surface area contributed by atoms with Crippen molar-refractivity contribution in [2.24, 2.45) is 0 Å². The molecule has 1 atom stereocenters. The van der Waals surface area contributed by atoms with E-state index in [1.807, 2.05) is 17.0 Å². The Balaban J connectivity index is 2.41. The summed E-state index contributed by atoms with van der Waals surface area (Å²) in [5.74, 6) is 1.44. The minimum absolute atomic E-state index is 0.502. The summed E-state index contributed by atoms with van der Waals surface area (Å²) in [5.41, 5.74) is 1.75. The number of methoxy groups -OCH3 is 2. The highest BCUT2D eigenvalue weighted by Gasteiger charge is 2.29. The largest absolute Gasteiger partial charge is 0.496 e. The second-order valence-electron chi connectivity index (χ2n) is 4.56. The minimum atomic E-state index is -0.621. The van der Waals surface area contributed by atoms with Crippen molar-refractivity contribution < 1.29 is 14.6 Å². The number of halogens is 1. The van der Waals surface area contributed by atoms with Gasteiger partial charge < -0.3 is 14.6 Å². The number of ether oxygens (including phenoxy) is 2. The quantitative estimate of drug-likeness (QED) is 0.921. The summed E-state index contributed by atoms with van der Waals surface area (Å²) in [5, 5.41) is 10.9. The summed E-state index contributed by atoms with van der Waals surface area (Å²) in [6, 6.07) is 3.67. The number of rotatable bonds is 4. The number of fused-ring (bicyclic) bond motifs is 1. The number of nitrogens with zero attached hydrogens (tertiary/aromatic N) is 1. The van der Waals surface area contributed by atoms with Crippen LogP contribution in [0, 0.1) is 0 Å². The summed E-state index contributed by atoms with van der Waals surface area (Å²) in [7, 11) is 3.22. The zero-order valence-corrected chi connectivity index (χ0v) is 11.9. The van der Waals surface area contributed by atoms with Crippen LogP contribution in [0.5, 0.6) is 11.5 Å². The molecule has 104 valence electrons. The lowest BCUT2D eigenvalue weighted by Crippen LogP contribution is -2.34. The van der Waals surface area contributed by atoms with Crippen molar-refractivity contribution in [3.05, 3.63) is 34.9 Å². The number of aliphatic hydroxyl groups excluding tert-OH is 1. The van der Waals surface area contributed by atoms with Crippen LogP contribution in [0.1, 0.15) is 17.2 Å². The number of hydrogen-bond acceptors (Lipinski definition) is 4. The Labute approximate surface area is 118 Å². The predicted molar refractivity (Wildman–Crippen MR) is 74.8 cm³/mol. The van der Waals surface area contributed by atoms with E-state index >= 15 is 0 Å². The third kappa shape index (κ3) is 2.86. The molecule has 0 amide bonds. The van der Waals surface area contributed by atoms with E-state index in [2.05, 4.69) is 6.58 Å². The highest BCUT2D eigenvalue weighted by atomic mass is 35.5. The maximum atomic E-state index is 10.3. The van der Waals surface area contributed by atoms with Crippen molar-refractivity contribution in [1.82, 2.24) is 4.90 Å². The van der Waals surface area contributed by atoms with Gasteiger partial charge in [0.05, 0.1) is 20.3 Å². The Bertz CT molecular complexity index is 490. The number of hydrogen-bond donors (Lipinski definition) is 1. The van der Waals surface area contributed by atoms with Crippen molar-refractivity contribution in [2.45, 2.75) is 12.6 Å². The van der Waals surface area contributed by atoms with Crippen LogP contribution in [0.15, 0.2) is 23.7 Å². The highest BCUT2D eigenvalue weighted by Crippen LogP contribution is 2.39. The molecule has 0 saturated carbocycles. The van der Waals surface area contributed by atoms with Gasteiger partial charge in [-0.3, -0.25) is 4.90 Å². The summed E-state index contributed by atoms with van der Waals surface area (Å²) in [4.78, 5) is 2.03. The molecule has 0 saturated heterocycles. The number of β-amino-alcohol motifs (C(OH)–C–C–N with tert-alkyl or cyclic N) is 1. The van der Waals surface area contributed by atoms with Gasteiger partial charge in [0, 0.05) is 35.8 Å². The first-order valence-electron chi connectivity index (χ1n) is 6.04. The van der Waals surface area contributed by atoms with Gasteiger partial charge in [0.25, 0.3) is 0 Å². The third-order valence-electron chi connectivity index (χ3n) is 3.26. The van der Waals surface area contributed by atoms with Crippen LogP contribution in [-0.2, 0) is 6.54 Å². The average Bonchev–Trinajstić information content (AvgIpc) is 2.36. The molecule has 0 spiro atoms. The Kier molecular flexibility index (Phi) is 4.34. The lowest BCUT2D eigenvalue weighted by atomic mass is 9.95. The van der Waals surface area contributed by atoms with Crippen LogP contribution in [0.2, 0.25) is 0 Å². The highest BCUT2D eigenvalue weighted by molar-refractivity contribution is 6.29. The maximum absolute atomic E-state index is 10.3. The van der Waals surface area contributed by atoms with Crippen molar-refractivity contribution >= 4 is 11.6 Å². The molecule has 1 heterocycles. The van der Waals surface area contributed by atoms with Gasteiger partial charge in [-0.05, 0) is 12.1 Å². The molecule has 0 fully saturated rings. The SMILES string of the molecule is C=C(Cl)CN1Cc2c(OC)ccc(OC)c2[C@H](O)C1. The first kappa shape index (κ1) is 14.2. The molecule has 1 aromatic carbocycles. The topological polar surface area (TPSA) is 41.9 Å². The lowest BCUT2D eigenvalue weighted by Gasteiger charge is -2.33. The normalized spacial score (nSPS) is 18.8. The predicted octanol–water partition coefficient (Wildman–Crippen LogP) is 2.31. The fourth-order valence-corrected chi connectivity index (χ4v) is 2.68. The van der Waals surface area contributed by atoms with E-state index in [1.54, 1.807) is 14.2 Å². The molecule has 2 rings (SSSR count). The average molecular weight is 284 g/mol. The van der Waals surface area contributed by atoms with Gasteiger partial charge in [0.15, 0.2) is 0 Å². The van der Waals surface area contributed by atoms with Crippen LogP contribution in [-0.4, -0.2) is 37.3 Å². The molecule has 4 nitrogen and oxygen atoms in total. The van der Waals surface area contributed by atoms with Gasteiger partial charge in [-0.15, -0.1) is 0 Å². The molecule has 0 bridgehead atoms. The van der Waals surface area contributed by atoms with Gasteiger partial charge in [0.2, 0.25) is 0 Å². The Hall–Kier alpha value is -1.23. The van der Waals surface area contributed by atoms with Crippen LogP contribution < -0.4 is 9.47 Å². The monoisotopic (exact) mass is 283 g/mol. The van der Waals surface area contributed by atoms with E-state index in [9.17, 15) is 5.11 Å². The van der Waals surface area contributed by atoms with Crippen LogP contribution >= 0.6 is 11.6 Å². The molecular formula is C14H18ClNO3. The first-order chi connectivity index (χ1) is 9.06. The van der Waals surface area contributed by atoms with Crippen LogP contribution in [0.3, 0.4) is 0 Å². The molecule has 1 N–H and O–H groups in total. The van der Waals surface area contributed by atoms with Gasteiger partial charge in [-0.1, -0.05) is 18.2 Å². The fourth-order valence-electron chi connectivity index (χ4n) is 2.51. The van der Waals surface area contributed by atoms with Crippen molar-refractivity contribution in [2.75, 3.05) is 27.3 Å². The van der Waals surface area contributed by atoms with E-state index in [4.69, 9.17) is 21.1 Å². The standard InChI is InChI=1S/C14H18ClNO3/c1-9(15)6-16-7-10-12(18-2)4-5-13(19-3)14(10)11(17)8-16/h4-5,11,17H,1,6-8H2,2-3H3/t11-/m1/s1. The number of aliphatic hydroxyl groups is 1. The van der Waals surface area contributed by atoms with E-state index in [1.165, 1.54) is 0 Å². The fraction of sp³-hybridized carbons (Fsp3) is 0.429. The second kappa shape index (κ2) is 5.82. The molecule has 0 aliphatic carbocycles. The smallest absolute Gasteiger partial charge is 0.125 e. The molecule has 0 radical (unpaired) electrons. The molecule has 1 aromatic rings. The summed E-state index contributed by atoms with van der Waals surface area (Å²) in [6.07, 6.45) is -0.621. The van der Waals surface area contributed by atoms with Crippen molar-refractivity contribution in [3.8, 4) is 11.5 Å². The molecule has 5 heteroatoms. The van der Waals surface area contributed by atoms with Crippen molar-refractivity contribution in [3.63, 3.8) is 0 Å². The zero-order valence-electron chi connectivity index (χ0n) is 11.1. The van der Waals surface area contributed by atoms with E-state index in [0.29, 0.717) is 30.4 Å². The summed E-state index contributed by atoms with van der Waals surface area (Å²) < 4.78 is 10.7. The van der Waals surface area contributed by atoms with Gasteiger partial charge in [-0.2, -0.15) is 0 Å². The molecular weight excluding hydrogens is 266 g/mol. The van der Waals surface area contributed by atoms with Gasteiger partial charge in [0.1, 0.15) is 11.5 Å². The van der Waals surface area contributed by atoms with E-state index in [0.717, 1.165) is 16.9 Å². The Morgan fingerprint density at radius 1 is 1.42 bits per heavy atom. The summed E-state index contributed by atoms with van der Waals surface area (Å²) in [6.45, 7) is 5.39. The second-order valence-corrected chi connectivity index (χ2v) is 5.10. The molecule has 0 aromatic heterocycles. The molecule has 19 heavy (non-hydrogen) atoms. The van der Waals surface area contributed by atoms with Crippen LogP contribution in [0.4, 0.5) is 0 Å². The first-order valence-corrected chi connectivity index (χ1v) is 6.42. The maximum Gasteiger partial charge on any atom is 0.125 e. The van der Waals surface area contributed by atoms with Gasteiger partial charge >= 0.3 is 0 Å². The molecule has 1 aliphatic rings. The van der Waals surface area contributed by atoms with Gasteiger partial charge in [-0.25, -0.2) is 0 Å². The third-order valence-corrected chi connectivity index (χ3v) is 3.37. The van der Waals surface area contributed by atoms with E-state index < -0.39 is 6.10 Å². The lowest BCUT2D eigenvalue weighted by molar-refractivity contribution is 0.0948. The number of benzene rings is 1. The molecule has 0 unspecified atom stereocenters. The van der Waals surface area contributed by atoms with Crippen molar-refractivity contribution in [1.29, 1.82) is 0 Å². The zero-order chi connectivity index (χ0) is 14.0.